The van der Waals surface area contributed by atoms with E-state index in [1.54, 1.807) is 0 Å². The summed E-state index contributed by atoms with van der Waals surface area (Å²) in [6.45, 7) is 4.62. The standard InChI is InChI=1S/C14H22N4O/c1-11(14(19)16-12-4-2-3-5-12)18-9-8-17-7-6-15-13(17)10-18/h6-7,11-12H,2-5,8-10H2,1H3,(H,16,19)/t11-/m1/s1. The fourth-order valence-electron chi connectivity index (χ4n) is 3.08. The maximum Gasteiger partial charge on any atom is 0.237 e. The Kier molecular flexibility index (Phi) is 3.55. The Morgan fingerprint density at radius 2 is 2.21 bits per heavy atom. The van der Waals surface area contributed by atoms with Gasteiger partial charge in [-0.2, -0.15) is 0 Å². The molecule has 0 aromatic carbocycles. The van der Waals surface area contributed by atoms with Crippen LogP contribution in [0.15, 0.2) is 12.4 Å². The van der Waals surface area contributed by atoms with Gasteiger partial charge in [0, 0.05) is 31.5 Å². The van der Waals surface area contributed by atoms with Gasteiger partial charge in [-0.1, -0.05) is 12.8 Å². The van der Waals surface area contributed by atoms with E-state index < -0.39 is 0 Å². The Morgan fingerprint density at radius 3 is 3.00 bits per heavy atom. The zero-order valence-corrected chi connectivity index (χ0v) is 11.5. The van der Waals surface area contributed by atoms with Gasteiger partial charge in [0.25, 0.3) is 0 Å². The first-order valence-corrected chi connectivity index (χ1v) is 7.28. The van der Waals surface area contributed by atoms with Crippen LogP contribution in [0.1, 0.15) is 38.4 Å². The second-order valence-electron chi connectivity index (χ2n) is 5.67. The van der Waals surface area contributed by atoms with Crippen molar-refractivity contribution in [3.63, 3.8) is 0 Å². The highest BCUT2D eigenvalue weighted by Gasteiger charge is 2.27. The molecule has 1 atom stereocenters. The number of hydrogen-bond acceptors (Lipinski definition) is 3. The normalized spacial score (nSPS) is 22.2. The van der Waals surface area contributed by atoms with Crippen LogP contribution in [-0.4, -0.2) is 39.0 Å². The van der Waals surface area contributed by atoms with Crippen LogP contribution in [0.2, 0.25) is 0 Å². The first-order chi connectivity index (χ1) is 9.24. The topological polar surface area (TPSA) is 50.2 Å². The summed E-state index contributed by atoms with van der Waals surface area (Å²) in [5, 5.41) is 3.19. The van der Waals surface area contributed by atoms with Gasteiger partial charge in [-0.15, -0.1) is 0 Å². The molecule has 0 radical (unpaired) electrons. The molecule has 1 N–H and O–H groups in total. The third-order valence-electron chi connectivity index (χ3n) is 4.40. The lowest BCUT2D eigenvalue weighted by Gasteiger charge is -2.32. The van der Waals surface area contributed by atoms with Crippen LogP contribution in [-0.2, 0) is 17.9 Å². The van der Waals surface area contributed by atoms with E-state index in [4.69, 9.17) is 0 Å². The summed E-state index contributed by atoms with van der Waals surface area (Å²) >= 11 is 0. The molecule has 1 amide bonds. The SMILES string of the molecule is C[C@H](C(=O)NC1CCCC1)N1CCn2ccnc2C1. The zero-order chi connectivity index (χ0) is 13.2. The number of nitrogens with zero attached hydrogens (tertiary/aromatic N) is 3. The van der Waals surface area contributed by atoms with Crippen LogP contribution in [0, 0.1) is 0 Å². The molecular weight excluding hydrogens is 240 g/mol. The third kappa shape index (κ3) is 2.66. The monoisotopic (exact) mass is 262 g/mol. The quantitative estimate of drug-likeness (QED) is 0.889. The van der Waals surface area contributed by atoms with Gasteiger partial charge in [-0.3, -0.25) is 9.69 Å². The van der Waals surface area contributed by atoms with Gasteiger partial charge in [0.2, 0.25) is 5.91 Å². The molecule has 5 heteroatoms. The minimum absolute atomic E-state index is 0.0638. The molecule has 19 heavy (non-hydrogen) atoms. The molecule has 1 aromatic rings. The van der Waals surface area contributed by atoms with Crippen LogP contribution >= 0.6 is 0 Å². The summed E-state index contributed by atoms with van der Waals surface area (Å²) in [4.78, 5) is 18.8. The lowest BCUT2D eigenvalue weighted by molar-refractivity contribution is -0.127. The van der Waals surface area contributed by atoms with Gasteiger partial charge in [0.05, 0.1) is 12.6 Å². The number of amides is 1. The van der Waals surface area contributed by atoms with Crippen LogP contribution in [0.3, 0.4) is 0 Å². The molecule has 0 bridgehead atoms. The third-order valence-corrected chi connectivity index (χ3v) is 4.40. The van der Waals surface area contributed by atoms with E-state index in [0.717, 1.165) is 38.3 Å². The highest BCUT2D eigenvalue weighted by Crippen LogP contribution is 2.19. The van der Waals surface area contributed by atoms with E-state index in [-0.39, 0.29) is 11.9 Å². The van der Waals surface area contributed by atoms with Crippen LogP contribution in [0.25, 0.3) is 0 Å². The molecule has 1 aliphatic carbocycles. The predicted octanol–water partition coefficient (Wildman–Crippen LogP) is 1.15. The van der Waals surface area contributed by atoms with Gasteiger partial charge in [-0.05, 0) is 19.8 Å². The van der Waals surface area contributed by atoms with Crippen molar-refractivity contribution in [1.82, 2.24) is 19.8 Å². The summed E-state index contributed by atoms with van der Waals surface area (Å²) < 4.78 is 2.16. The largest absolute Gasteiger partial charge is 0.352 e. The molecule has 0 saturated heterocycles. The van der Waals surface area contributed by atoms with Gasteiger partial charge in [0.15, 0.2) is 0 Å². The van der Waals surface area contributed by atoms with E-state index in [9.17, 15) is 4.79 Å². The average molecular weight is 262 g/mol. The lowest BCUT2D eigenvalue weighted by Crippen LogP contribution is -2.49. The molecule has 3 rings (SSSR count). The Hall–Kier alpha value is -1.36. The molecule has 2 heterocycles. The van der Waals surface area contributed by atoms with Crippen LogP contribution < -0.4 is 5.32 Å². The highest BCUT2D eigenvalue weighted by atomic mass is 16.2. The molecule has 1 saturated carbocycles. The number of imidazole rings is 1. The Balaban J connectivity index is 1.58. The number of aromatic nitrogens is 2. The Bertz CT molecular complexity index is 450. The lowest BCUT2D eigenvalue weighted by atomic mass is 10.2. The maximum absolute atomic E-state index is 12.3. The molecule has 1 aromatic heterocycles. The number of rotatable bonds is 3. The minimum atomic E-state index is -0.0638. The zero-order valence-electron chi connectivity index (χ0n) is 11.5. The Morgan fingerprint density at radius 1 is 1.42 bits per heavy atom. The fourth-order valence-corrected chi connectivity index (χ4v) is 3.08. The minimum Gasteiger partial charge on any atom is -0.352 e. The van der Waals surface area contributed by atoms with Gasteiger partial charge < -0.3 is 9.88 Å². The van der Waals surface area contributed by atoms with Crippen molar-refractivity contribution >= 4 is 5.91 Å². The smallest absolute Gasteiger partial charge is 0.237 e. The van der Waals surface area contributed by atoms with Crippen molar-refractivity contribution in [3.05, 3.63) is 18.2 Å². The van der Waals surface area contributed by atoms with Crippen molar-refractivity contribution in [2.75, 3.05) is 6.54 Å². The van der Waals surface area contributed by atoms with Crippen LogP contribution in [0.5, 0.6) is 0 Å². The first-order valence-electron chi connectivity index (χ1n) is 7.28. The second-order valence-corrected chi connectivity index (χ2v) is 5.67. The van der Waals surface area contributed by atoms with Gasteiger partial charge in [0.1, 0.15) is 5.82 Å². The van der Waals surface area contributed by atoms with E-state index >= 15 is 0 Å². The predicted molar refractivity (Wildman–Crippen MR) is 72.5 cm³/mol. The van der Waals surface area contributed by atoms with Crippen molar-refractivity contribution in [2.45, 2.75) is 57.8 Å². The molecule has 2 aliphatic rings. The average Bonchev–Trinajstić information content (AvgIpc) is 3.07. The summed E-state index contributed by atoms with van der Waals surface area (Å²) in [6.07, 6.45) is 8.63. The molecule has 0 spiro atoms. The summed E-state index contributed by atoms with van der Waals surface area (Å²) in [6, 6.07) is 0.341. The molecular formula is C14H22N4O. The van der Waals surface area contributed by atoms with E-state index in [1.165, 1.54) is 12.8 Å². The number of nitrogens with one attached hydrogen (secondary N) is 1. The van der Waals surface area contributed by atoms with Crippen molar-refractivity contribution in [1.29, 1.82) is 0 Å². The second kappa shape index (κ2) is 5.33. The molecule has 1 fully saturated rings. The van der Waals surface area contributed by atoms with Crippen LogP contribution in [0.4, 0.5) is 0 Å². The highest BCUT2D eigenvalue weighted by molar-refractivity contribution is 5.81. The maximum atomic E-state index is 12.3. The van der Waals surface area contributed by atoms with E-state index in [2.05, 4.69) is 19.8 Å². The van der Waals surface area contributed by atoms with Gasteiger partial charge in [-0.25, -0.2) is 4.98 Å². The van der Waals surface area contributed by atoms with Crippen molar-refractivity contribution in [3.8, 4) is 0 Å². The van der Waals surface area contributed by atoms with Gasteiger partial charge >= 0.3 is 0 Å². The van der Waals surface area contributed by atoms with E-state index in [0.29, 0.717) is 6.04 Å². The fraction of sp³-hybridized carbons (Fsp3) is 0.714. The molecule has 104 valence electrons. The Labute approximate surface area is 114 Å². The molecule has 0 unspecified atom stereocenters. The molecule has 1 aliphatic heterocycles. The van der Waals surface area contributed by atoms with Crippen molar-refractivity contribution in [2.24, 2.45) is 0 Å². The number of carbonyl (C=O) groups excluding carboxylic acids is 1. The summed E-state index contributed by atoms with van der Waals surface area (Å²) in [7, 11) is 0. The van der Waals surface area contributed by atoms with E-state index in [1.807, 2.05) is 19.3 Å². The first kappa shape index (κ1) is 12.7. The van der Waals surface area contributed by atoms with Crippen molar-refractivity contribution < 1.29 is 4.79 Å². The summed E-state index contributed by atoms with van der Waals surface area (Å²) in [5.74, 6) is 1.23. The number of carbonyl (C=O) groups is 1. The summed E-state index contributed by atoms with van der Waals surface area (Å²) in [5.41, 5.74) is 0. The molecule has 5 nitrogen and oxygen atoms in total. The number of hydrogen-bond donors (Lipinski definition) is 1. The number of fused-ring (bicyclic) bond motifs is 1.